The van der Waals surface area contributed by atoms with Gasteiger partial charge in [-0.1, -0.05) is 258 Å². The average Bonchev–Trinajstić information content (AvgIpc) is 3.41. The minimum absolute atomic E-state index is 0.713. The van der Waals surface area contributed by atoms with Crippen LogP contribution < -0.4 is 18.9 Å². The fourth-order valence-electron chi connectivity index (χ4n) is 9.77. The Morgan fingerprint density at radius 2 is 0.528 bits per heavy atom. The number of rotatable bonds is 50. The Morgan fingerprint density at radius 1 is 0.292 bits per heavy atom. The standard InChI is InChI=1S/C66H108N2O4/c1-5-7-9-11-13-15-17-19-21-23-25-27-29-31-33-35-37-39-41-43-53-71-63-51-45-59(55-65(63)69-3)57-67-61-47-49-62(50-48-61)68-58-60-46-52-64(66(56-60)70-4)72-54-44-42-40-38-36-34-32-30-28-26-24-22-20-18-16-14-12-10-8-6-2/h45-52,55-58H,5-44,53-54H2,1-4H3. The summed E-state index contributed by atoms with van der Waals surface area (Å²) >= 11 is 0. The summed E-state index contributed by atoms with van der Waals surface area (Å²) < 4.78 is 23.6. The van der Waals surface area contributed by atoms with Crippen LogP contribution >= 0.6 is 0 Å². The quantitative estimate of drug-likeness (QED) is 0.0418. The lowest BCUT2D eigenvalue weighted by molar-refractivity contribution is 0.284. The van der Waals surface area contributed by atoms with E-state index in [-0.39, 0.29) is 0 Å². The molecule has 0 saturated heterocycles. The van der Waals surface area contributed by atoms with Crippen LogP contribution in [0.25, 0.3) is 0 Å². The minimum atomic E-state index is 0.713. The maximum atomic E-state index is 6.13. The normalized spacial score (nSPS) is 11.6. The highest BCUT2D eigenvalue weighted by Crippen LogP contribution is 2.30. The third kappa shape index (κ3) is 33.1. The molecule has 0 fully saturated rings. The molecule has 0 N–H and O–H groups in total. The van der Waals surface area contributed by atoms with Gasteiger partial charge in [-0.3, -0.25) is 9.98 Å². The molecule has 0 aliphatic carbocycles. The highest BCUT2D eigenvalue weighted by Gasteiger charge is 2.08. The van der Waals surface area contributed by atoms with Gasteiger partial charge in [0.15, 0.2) is 23.0 Å². The first kappa shape index (κ1) is 62.5. The van der Waals surface area contributed by atoms with E-state index in [1.807, 2.05) is 73.1 Å². The first-order valence-corrected chi connectivity index (χ1v) is 30.5. The average molecular weight is 994 g/mol. The second-order valence-corrected chi connectivity index (χ2v) is 21.0. The Bertz CT molecular complexity index is 1610. The zero-order valence-electron chi connectivity index (χ0n) is 47.2. The van der Waals surface area contributed by atoms with E-state index in [9.17, 15) is 0 Å². The monoisotopic (exact) mass is 993 g/mol. The predicted octanol–water partition coefficient (Wildman–Crippen LogP) is 21.6. The van der Waals surface area contributed by atoms with Crippen molar-refractivity contribution in [2.75, 3.05) is 27.4 Å². The molecule has 0 saturated carbocycles. The topological polar surface area (TPSA) is 61.6 Å². The maximum absolute atomic E-state index is 6.13. The van der Waals surface area contributed by atoms with Crippen molar-refractivity contribution < 1.29 is 18.9 Å². The molecule has 6 nitrogen and oxygen atoms in total. The Kier molecular flexibility index (Phi) is 39.7. The molecule has 0 aromatic heterocycles. The zero-order valence-corrected chi connectivity index (χ0v) is 47.2. The minimum Gasteiger partial charge on any atom is -0.493 e. The summed E-state index contributed by atoms with van der Waals surface area (Å²) in [7, 11) is 3.39. The third-order valence-corrected chi connectivity index (χ3v) is 14.5. The zero-order chi connectivity index (χ0) is 51.0. The van der Waals surface area contributed by atoms with Crippen molar-refractivity contribution in [1.82, 2.24) is 0 Å². The Balaban J connectivity index is 1.19. The van der Waals surface area contributed by atoms with E-state index in [2.05, 4.69) is 13.8 Å². The third-order valence-electron chi connectivity index (χ3n) is 14.5. The van der Waals surface area contributed by atoms with E-state index < -0.39 is 0 Å². The van der Waals surface area contributed by atoms with Gasteiger partial charge in [0.25, 0.3) is 0 Å². The number of methoxy groups -OCH3 is 2. The smallest absolute Gasteiger partial charge is 0.161 e. The van der Waals surface area contributed by atoms with Crippen LogP contribution in [0.15, 0.2) is 70.6 Å². The fourth-order valence-corrected chi connectivity index (χ4v) is 9.77. The largest absolute Gasteiger partial charge is 0.493 e. The summed E-state index contributed by atoms with van der Waals surface area (Å²) in [6, 6.07) is 20.0. The van der Waals surface area contributed by atoms with Gasteiger partial charge in [0.05, 0.1) is 38.8 Å². The molecular weight excluding hydrogens is 885 g/mol. The molecule has 3 aromatic carbocycles. The number of unbranched alkanes of at least 4 members (excludes halogenated alkanes) is 38. The Hall–Kier alpha value is -3.80. The van der Waals surface area contributed by atoms with Gasteiger partial charge in [-0.05, 0) is 84.6 Å². The van der Waals surface area contributed by atoms with E-state index in [4.69, 9.17) is 28.9 Å². The van der Waals surface area contributed by atoms with Crippen LogP contribution in [-0.4, -0.2) is 39.9 Å². The summed E-state index contributed by atoms with van der Waals surface area (Å²) in [5.74, 6) is 3.05. The molecule has 3 aromatic rings. The van der Waals surface area contributed by atoms with Gasteiger partial charge in [0.2, 0.25) is 0 Å². The first-order chi connectivity index (χ1) is 35.7. The van der Waals surface area contributed by atoms with Crippen LogP contribution in [-0.2, 0) is 0 Å². The van der Waals surface area contributed by atoms with Crippen molar-refractivity contribution in [3.05, 3.63) is 71.8 Å². The van der Waals surface area contributed by atoms with Gasteiger partial charge in [0.1, 0.15) is 0 Å². The number of hydrogen-bond acceptors (Lipinski definition) is 6. The van der Waals surface area contributed by atoms with Crippen molar-refractivity contribution in [2.45, 2.75) is 271 Å². The molecule has 0 aliphatic rings. The molecule has 0 spiro atoms. The van der Waals surface area contributed by atoms with E-state index in [1.54, 1.807) is 14.2 Å². The van der Waals surface area contributed by atoms with E-state index in [1.165, 1.54) is 244 Å². The Morgan fingerprint density at radius 3 is 0.764 bits per heavy atom. The molecule has 3 rings (SSSR count). The van der Waals surface area contributed by atoms with Gasteiger partial charge >= 0.3 is 0 Å². The van der Waals surface area contributed by atoms with Crippen molar-refractivity contribution in [3.8, 4) is 23.0 Å². The number of ether oxygens (including phenoxy) is 4. The lowest BCUT2D eigenvalue weighted by Gasteiger charge is -2.11. The van der Waals surface area contributed by atoms with Crippen molar-refractivity contribution in [3.63, 3.8) is 0 Å². The highest BCUT2D eigenvalue weighted by atomic mass is 16.5. The molecule has 6 heteroatoms. The first-order valence-electron chi connectivity index (χ1n) is 30.5. The molecule has 0 amide bonds. The summed E-state index contributed by atoms with van der Waals surface area (Å²) in [4.78, 5) is 9.42. The number of hydrogen-bond donors (Lipinski definition) is 0. The van der Waals surface area contributed by atoms with Crippen LogP contribution in [0.1, 0.15) is 282 Å². The molecule has 0 unspecified atom stereocenters. The molecule has 72 heavy (non-hydrogen) atoms. The van der Waals surface area contributed by atoms with Crippen LogP contribution in [0.2, 0.25) is 0 Å². The molecule has 0 radical (unpaired) electrons. The molecule has 406 valence electrons. The van der Waals surface area contributed by atoms with Crippen molar-refractivity contribution in [2.24, 2.45) is 9.98 Å². The molecular formula is C66H108N2O4. The SMILES string of the molecule is CCCCCCCCCCCCCCCCCCCCCCOc1ccc(C=Nc2ccc(N=Cc3ccc(OCCCCCCCCCCCCCCCCCCCCCC)c(OC)c3)cc2)cc1OC. The van der Waals surface area contributed by atoms with E-state index in [0.717, 1.165) is 58.3 Å². The van der Waals surface area contributed by atoms with Crippen molar-refractivity contribution >= 4 is 23.8 Å². The van der Waals surface area contributed by atoms with Crippen LogP contribution in [0.5, 0.6) is 23.0 Å². The Labute approximate surface area is 443 Å². The summed E-state index contributed by atoms with van der Waals surface area (Å²) in [6.07, 6.45) is 59.2. The number of benzene rings is 3. The number of aliphatic imine (C=N–C) groups is 2. The summed E-state index contributed by atoms with van der Waals surface area (Å²) in [5.41, 5.74) is 3.64. The predicted molar refractivity (Wildman–Crippen MR) is 314 cm³/mol. The summed E-state index contributed by atoms with van der Waals surface area (Å²) in [6.45, 7) is 6.02. The van der Waals surface area contributed by atoms with Gasteiger partial charge < -0.3 is 18.9 Å². The fraction of sp³-hybridized carbons (Fsp3) is 0.697. The van der Waals surface area contributed by atoms with E-state index in [0.29, 0.717) is 13.2 Å². The molecule has 0 bridgehead atoms. The van der Waals surface area contributed by atoms with Gasteiger partial charge in [0, 0.05) is 12.4 Å². The lowest BCUT2D eigenvalue weighted by atomic mass is 10.0. The van der Waals surface area contributed by atoms with Crippen LogP contribution in [0.4, 0.5) is 11.4 Å². The maximum Gasteiger partial charge on any atom is 0.161 e. The van der Waals surface area contributed by atoms with Gasteiger partial charge in [-0.2, -0.15) is 0 Å². The van der Waals surface area contributed by atoms with Crippen LogP contribution in [0.3, 0.4) is 0 Å². The lowest BCUT2D eigenvalue weighted by Crippen LogP contribution is -2.00. The van der Waals surface area contributed by atoms with Crippen LogP contribution in [0, 0.1) is 0 Å². The number of nitrogens with zero attached hydrogens (tertiary/aromatic N) is 2. The van der Waals surface area contributed by atoms with Gasteiger partial charge in [-0.25, -0.2) is 0 Å². The summed E-state index contributed by atoms with van der Waals surface area (Å²) in [5, 5.41) is 0. The molecule has 0 heterocycles. The van der Waals surface area contributed by atoms with Crippen molar-refractivity contribution in [1.29, 1.82) is 0 Å². The highest BCUT2D eigenvalue weighted by molar-refractivity contribution is 5.84. The second kappa shape index (κ2) is 45.8. The molecule has 0 atom stereocenters. The van der Waals surface area contributed by atoms with E-state index >= 15 is 0 Å². The second-order valence-electron chi connectivity index (χ2n) is 21.0. The molecule has 0 aliphatic heterocycles. The van der Waals surface area contributed by atoms with Gasteiger partial charge in [-0.15, -0.1) is 0 Å².